The van der Waals surface area contributed by atoms with Crippen molar-refractivity contribution in [1.82, 2.24) is 15.2 Å². The summed E-state index contributed by atoms with van der Waals surface area (Å²) >= 11 is 0. The van der Waals surface area contributed by atoms with E-state index in [4.69, 9.17) is 4.42 Å². The average Bonchev–Trinajstić information content (AvgIpc) is 2.92. The van der Waals surface area contributed by atoms with E-state index in [-0.39, 0.29) is 23.2 Å². The van der Waals surface area contributed by atoms with Crippen LogP contribution in [0.2, 0.25) is 0 Å². The van der Waals surface area contributed by atoms with Crippen molar-refractivity contribution < 1.29 is 13.6 Å². The summed E-state index contributed by atoms with van der Waals surface area (Å²) < 4.78 is 18.7. The number of aromatic nitrogens is 1. The summed E-state index contributed by atoms with van der Waals surface area (Å²) in [6, 6.07) is 1.54. The van der Waals surface area contributed by atoms with Crippen LogP contribution >= 0.6 is 0 Å². The highest BCUT2D eigenvalue weighted by Crippen LogP contribution is 2.39. The fourth-order valence-corrected chi connectivity index (χ4v) is 4.12. The molecule has 1 atom stereocenters. The maximum atomic E-state index is 13.6. The molecule has 3 aliphatic rings. The van der Waals surface area contributed by atoms with Gasteiger partial charge in [0.15, 0.2) is 11.4 Å². The van der Waals surface area contributed by atoms with E-state index < -0.39 is 5.82 Å². The molecule has 3 saturated heterocycles. The smallest absolute Gasteiger partial charge is 0.270 e. The maximum Gasteiger partial charge on any atom is 0.270 e. The second kappa shape index (κ2) is 5.03. The number of fused-ring (bicyclic) bond motifs is 4. The van der Waals surface area contributed by atoms with Crippen molar-refractivity contribution in [3.05, 3.63) is 30.0 Å². The summed E-state index contributed by atoms with van der Waals surface area (Å²) in [7, 11) is 0. The zero-order valence-corrected chi connectivity index (χ0v) is 13.3. The second-order valence-corrected chi connectivity index (χ2v) is 7.08. The molecule has 0 aromatic carbocycles. The SMILES string of the molecule is CC1(C)[C@@H](NC(=O)c2cc3c(F)coc3cn2)C2CCN1CC2. The Bertz CT molecular complexity index is 762. The molecule has 5 heterocycles. The standard InChI is InChI=1S/C17H20FN3O2/c1-17(2)15(10-3-5-21(17)6-4-10)20-16(22)13-7-11-12(18)9-23-14(11)8-19-13/h7-10,15H,3-6H2,1-2H3,(H,20,22)/t15-/m0/s1. The van der Waals surface area contributed by atoms with Crippen molar-refractivity contribution in [2.24, 2.45) is 5.92 Å². The van der Waals surface area contributed by atoms with Crippen molar-refractivity contribution in [2.75, 3.05) is 13.1 Å². The predicted molar refractivity (Wildman–Crippen MR) is 83.6 cm³/mol. The summed E-state index contributed by atoms with van der Waals surface area (Å²) in [6.07, 6.45) is 4.65. The van der Waals surface area contributed by atoms with E-state index in [0.29, 0.717) is 16.9 Å². The van der Waals surface area contributed by atoms with Gasteiger partial charge in [-0.3, -0.25) is 9.69 Å². The van der Waals surface area contributed by atoms with Gasteiger partial charge in [-0.05, 0) is 51.8 Å². The number of halogens is 1. The molecule has 2 aromatic heterocycles. The Labute approximate surface area is 133 Å². The third-order valence-electron chi connectivity index (χ3n) is 5.52. The summed E-state index contributed by atoms with van der Waals surface area (Å²) in [5, 5.41) is 3.43. The molecule has 0 aliphatic carbocycles. The minimum atomic E-state index is -0.473. The van der Waals surface area contributed by atoms with Gasteiger partial charge in [-0.25, -0.2) is 9.37 Å². The van der Waals surface area contributed by atoms with E-state index in [1.165, 1.54) is 12.3 Å². The predicted octanol–water partition coefficient (Wildman–Crippen LogP) is 2.57. The number of hydrogen-bond acceptors (Lipinski definition) is 4. The minimum Gasteiger partial charge on any atom is -0.460 e. The van der Waals surface area contributed by atoms with E-state index in [2.05, 4.69) is 29.0 Å². The van der Waals surface area contributed by atoms with Crippen LogP contribution in [0, 0.1) is 11.7 Å². The number of nitrogens with zero attached hydrogens (tertiary/aromatic N) is 2. The monoisotopic (exact) mass is 317 g/mol. The highest BCUT2D eigenvalue weighted by Gasteiger charge is 2.48. The van der Waals surface area contributed by atoms with Crippen LogP contribution in [0.5, 0.6) is 0 Å². The molecule has 122 valence electrons. The molecule has 1 amide bonds. The number of nitrogens with one attached hydrogen (secondary N) is 1. The van der Waals surface area contributed by atoms with E-state index in [9.17, 15) is 9.18 Å². The van der Waals surface area contributed by atoms with Crippen molar-refractivity contribution in [2.45, 2.75) is 38.3 Å². The molecule has 1 N–H and O–H groups in total. The first-order valence-corrected chi connectivity index (χ1v) is 8.05. The summed E-state index contributed by atoms with van der Waals surface area (Å²) in [5.41, 5.74) is 0.509. The van der Waals surface area contributed by atoms with E-state index in [1.54, 1.807) is 0 Å². The Morgan fingerprint density at radius 3 is 2.87 bits per heavy atom. The Morgan fingerprint density at radius 2 is 2.17 bits per heavy atom. The van der Waals surface area contributed by atoms with Crippen molar-refractivity contribution in [3.63, 3.8) is 0 Å². The van der Waals surface area contributed by atoms with Crippen LogP contribution in [0.15, 0.2) is 22.9 Å². The molecule has 5 rings (SSSR count). The van der Waals surface area contributed by atoms with Crippen molar-refractivity contribution >= 4 is 16.9 Å². The summed E-state index contributed by atoms with van der Waals surface area (Å²) in [5.74, 6) is -0.229. The Morgan fingerprint density at radius 1 is 1.43 bits per heavy atom. The lowest BCUT2D eigenvalue weighted by atomic mass is 9.72. The number of pyridine rings is 1. The van der Waals surface area contributed by atoms with Gasteiger partial charge in [-0.15, -0.1) is 0 Å². The zero-order chi connectivity index (χ0) is 16.2. The molecule has 3 fully saturated rings. The lowest BCUT2D eigenvalue weighted by Crippen LogP contribution is -2.69. The van der Waals surface area contributed by atoms with Gasteiger partial charge in [0.1, 0.15) is 12.0 Å². The Balaban J connectivity index is 1.60. The minimum absolute atomic E-state index is 0.0676. The molecule has 3 aliphatic heterocycles. The van der Waals surface area contributed by atoms with Gasteiger partial charge in [-0.1, -0.05) is 0 Å². The van der Waals surface area contributed by atoms with Gasteiger partial charge in [0.2, 0.25) is 0 Å². The molecule has 2 aromatic rings. The van der Waals surface area contributed by atoms with Gasteiger partial charge < -0.3 is 9.73 Å². The van der Waals surface area contributed by atoms with Gasteiger partial charge in [0.05, 0.1) is 11.6 Å². The molecule has 23 heavy (non-hydrogen) atoms. The van der Waals surface area contributed by atoms with E-state index >= 15 is 0 Å². The topological polar surface area (TPSA) is 58.4 Å². The molecule has 0 spiro atoms. The van der Waals surface area contributed by atoms with E-state index in [0.717, 1.165) is 32.2 Å². The van der Waals surface area contributed by atoms with Crippen molar-refractivity contribution in [1.29, 1.82) is 0 Å². The number of hydrogen-bond donors (Lipinski definition) is 1. The number of furan rings is 1. The van der Waals surface area contributed by atoms with Crippen LogP contribution in [0.3, 0.4) is 0 Å². The van der Waals surface area contributed by atoms with Crippen LogP contribution in [0.1, 0.15) is 37.2 Å². The lowest BCUT2D eigenvalue weighted by molar-refractivity contribution is -0.0378. The zero-order valence-electron chi connectivity index (χ0n) is 13.3. The first-order chi connectivity index (χ1) is 11.0. The third-order valence-corrected chi connectivity index (χ3v) is 5.52. The van der Waals surface area contributed by atoms with Gasteiger partial charge in [0, 0.05) is 11.6 Å². The molecular weight excluding hydrogens is 297 g/mol. The van der Waals surface area contributed by atoms with Gasteiger partial charge in [0.25, 0.3) is 5.91 Å². The van der Waals surface area contributed by atoms with Crippen molar-refractivity contribution in [3.8, 4) is 0 Å². The number of rotatable bonds is 2. The lowest BCUT2D eigenvalue weighted by Gasteiger charge is -2.56. The molecule has 2 bridgehead atoms. The number of carbonyl (C=O) groups is 1. The van der Waals surface area contributed by atoms with Gasteiger partial charge in [-0.2, -0.15) is 0 Å². The normalized spacial score (nSPS) is 28.9. The highest BCUT2D eigenvalue weighted by molar-refractivity contribution is 5.95. The Hall–Kier alpha value is -1.95. The first kappa shape index (κ1) is 14.6. The Kier molecular flexibility index (Phi) is 3.20. The van der Waals surface area contributed by atoms with Crippen LogP contribution in [-0.2, 0) is 0 Å². The molecule has 0 radical (unpaired) electrons. The number of piperidine rings is 3. The van der Waals surface area contributed by atoms with Crippen LogP contribution in [-0.4, -0.2) is 40.5 Å². The summed E-state index contributed by atoms with van der Waals surface area (Å²) in [4.78, 5) is 19.2. The maximum absolute atomic E-state index is 13.6. The van der Waals surface area contributed by atoms with Crippen LogP contribution in [0.25, 0.3) is 11.0 Å². The molecule has 5 nitrogen and oxygen atoms in total. The second-order valence-electron chi connectivity index (χ2n) is 7.08. The average molecular weight is 317 g/mol. The largest absolute Gasteiger partial charge is 0.460 e. The fraction of sp³-hybridized carbons (Fsp3) is 0.529. The molecular formula is C17H20FN3O2. The first-order valence-electron chi connectivity index (χ1n) is 8.05. The third kappa shape index (κ3) is 2.24. The highest BCUT2D eigenvalue weighted by atomic mass is 19.1. The fourth-order valence-electron chi connectivity index (χ4n) is 4.12. The quantitative estimate of drug-likeness (QED) is 0.925. The molecule has 0 saturated carbocycles. The molecule has 6 heteroatoms. The van der Waals surface area contributed by atoms with Crippen LogP contribution in [0.4, 0.5) is 4.39 Å². The van der Waals surface area contributed by atoms with Gasteiger partial charge >= 0.3 is 0 Å². The van der Waals surface area contributed by atoms with Crippen LogP contribution < -0.4 is 5.32 Å². The number of amides is 1. The molecule has 0 unspecified atom stereocenters. The van der Waals surface area contributed by atoms with E-state index in [1.807, 2.05) is 0 Å². The summed E-state index contributed by atoms with van der Waals surface area (Å²) in [6.45, 7) is 6.54. The number of carbonyl (C=O) groups excluding carboxylic acids is 1.